The fourth-order valence-corrected chi connectivity index (χ4v) is 1.95. The van der Waals surface area contributed by atoms with Crippen molar-refractivity contribution in [3.63, 3.8) is 0 Å². The van der Waals surface area contributed by atoms with Crippen LogP contribution in [0.1, 0.15) is 23.8 Å². The molecule has 2 N–H and O–H groups in total. The fraction of sp³-hybridized carbons (Fsp3) is 0.333. The van der Waals surface area contributed by atoms with Gasteiger partial charge in [0.15, 0.2) is 0 Å². The maximum atomic E-state index is 5.94. The van der Waals surface area contributed by atoms with Crippen molar-refractivity contribution in [2.24, 2.45) is 0 Å². The lowest BCUT2D eigenvalue weighted by molar-refractivity contribution is 0.248. The van der Waals surface area contributed by atoms with Crippen molar-refractivity contribution in [1.82, 2.24) is 4.90 Å². The Kier molecular flexibility index (Phi) is 4.05. The van der Waals surface area contributed by atoms with Gasteiger partial charge < -0.3 is 10.2 Å². The number of rotatable bonds is 5. The van der Waals surface area contributed by atoms with Crippen LogP contribution < -0.4 is 5.73 Å². The minimum Gasteiger partial charge on any atom is -0.468 e. The monoisotopic (exact) mass is 244 g/mol. The van der Waals surface area contributed by atoms with Crippen molar-refractivity contribution in [2.75, 3.05) is 12.3 Å². The third kappa shape index (κ3) is 3.14. The van der Waals surface area contributed by atoms with Crippen LogP contribution in [0.3, 0.4) is 0 Å². The van der Waals surface area contributed by atoms with Gasteiger partial charge in [-0.25, -0.2) is 0 Å². The Morgan fingerprint density at radius 3 is 2.67 bits per heavy atom. The second-order valence-corrected chi connectivity index (χ2v) is 4.57. The Bertz CT molecular complexity index is 491. The zero-order valence-corrected chi connectivity index (χ0v) is 11.0. The summed E-state index contributed by atoms with van der Waals surface area (Å²) in [6, 6.07) is 10.2. The Balaban J connectivity index is 2.03. The molecule has 0 aliphatic rings. The second kappa shape index (κ2) is 5.74. The third-order valence-corrected chi connectivity index (χ3v) is 3.16. The molecule has 1 heterocycles. The van der Waals surface area contributed by atoms with E-state index in [1.54, 1.807) is 6.26 Å². The molecule has 1 aromatic heterocycles. The van der Waals surface area contributed by atoms with E-state index in [-0.39, 0.29) is 0 Å². The molecule has 0 radical (unpaired) electrons. The molecule has 0 spiro atoms. The molecule has 0 bridgehead atoms. The topological polar surface area (TPSA) is 42.4 Å². The zero-order chi connectivity index (χ0) is 13.0. The van der Waals surface area contributed by atoms with Gasteiger partial charge >= 0.3 is 0 Å². The lowest BCUT2D eigenvalue weighted by Gasteiger charge is -2.19. The number of aryl methyl sites for hydroxylation is 1. The Morgan fingerprint density at radius 2 is 2.06 bits per heavy atom. The molecule has 2 rings (SSSR count). The number of furan rings is 1. The highest BCUT2D eigenvalue weighted by Gasteiger charge is 2.07. The van der Waals surface area contributed by atoms with Crippen molar-refractivity contribution < 1.29 is 4.42 Å². The molecule has 0 atom stereocenters. The Morgan fingerprint density at radius 1 is 1.22 bits per heavy atom. The van der Waals surface area contributed by atoms with E-state index in [1.165, 1.54) is 5.56 Å². The fourth-order valence-electron chi connectivity index (χ4n) is 1.95. The van der Waals surface area contributed by atoms with Gasteiger partial charge in [0.2, 0.25) is 0 Å². The first-order valence-corrected chi connectivity index (χ1v) is 6.28. The molecular weight excluding hydrogens is 224 g/mol. The minimum absolute atomic E-state index is 0.831. The van der Waals surface area contributed by atoms with E-state index in [1.807, 2.05) is 19.1 Å². The van der Waals surface area contributed by atoms with Crippen molar-refractivity contribution >= 4 is 5.69 Å². The van der Waals surface area contributed by atoms with Crippen LogP contribution in [0.2, 0.25) is 0 Å². The summed E-state index contributed by atoms with van der Waals surface area (Å²) in [6.07, 6.45) is 1.72. The molecule has 0 fully saturated rings. The van der Waals surface area contributed by atoms with Gasteiger partial charge in [0, 0.05) is 12.2 Å². The number of anilines is 1. The van der Waals surface area contributed by atoms with E-state index in [0.29, 0.717) is 0 Å². The van der Waals surface area contributed by atoms with E-state index in [9.17, 15) is 0 Å². The summed E-state index contributed by atoms with van der Waals surface area (Å²) >= 11 is 0. The van der Waals surface area contributed by atoms with E-state index in [2.05, 4.69) is 30.0 Å². The van der Waals surface area contributed by atoms with Crippen LogP contribution in [0.5, 0.6) is 0 Å². The largest absolute Gasteiger partial charge is 0.468 e. The Hall–Kier alpha value is -1.74. The van der Waals surface area contributed by atoms with Gasteiger partial charge in [-0.05, 0) is 42.8 Å². The molecule has 0 unspecified atom stereocenters. The van der Waals surface area contributed by atoms with E-state index < -0.39 is 0 Å². The number of benzene rings is 1. The van der Waals surface area contributed by atoms with Gasteiger partial charge in [0.25, 0.3) is 0 Å². The number of nitrogens with two attached hydrogens (primary N) is 1. The smallest absolute Gasteiger partial charge is 0.117 e. The molecule has 3 nitrogen and oxygen atoms in total. The minimum atomic E-state index is 0.831. The Labute approximate surface area is 108 Å². The van der Waals surface area contributed by atoms with Crippen LogP contribution in [-0.2, 0) is 13.1 Å². The van der Waals surface area contributed by atoms with E-state index in [4.69, 9.17) is 10.2 Å². The SMILES string of the molecule is CCN(Cc1ccc(C)c(N)c1)Cc1ccco1. The van der Waals surface area contributed by atoms with Crippen LogP contribution in [0.25, 0.3) is 0 Å². The van der Waals surface area contributed by atoms with Crippen LogP contribution in [0.4, 0.5) is 5.69 Å². The van der Waals surface area contributed by atoms with Crippen LogP contribution in [-0.4, -0.2) is 11.4 Å². The summed E-state index contributed by atoms with van der Waals surface area (Å²) in [5, 5.41) is 0. The van der Waals surface area contributed by atoms with Gasteiger partial charge in [-0.15, -0.1) is 0 Å². The molecule has 0 saturated heterocycles. The number of nitrogen functional groups attached to an aromatic ring is 1. The highest BCUT2D eigenvalue weighted by Crippen LogP contribution is 2.16. The third-order valence-electron chi connectivity index (χ3n) is 3.16. The lowest BCUT2D eigenvalue weighted by atomic mass is 10.1. The zero-order valence-electron chi connectivity index (χ0n) is 11.0. The van der Waals surface area contributed by atoms with Crippen molar-refractivity contribution in [3.05, 3.63) is 53.5 Å². The normalized spacial score (nSPS) is 11.1. The first-order chi connectivity index (χ1) is 8.69. The first-order valence-electron chi connectivity index (χ1n) is 6.28. The molecule has 1 aromatic carbocycles. The summed E-state index contributed by atoms with van der Waals surface area (Å²) in [4.78, 5) is 2.32. The quantitative estimate of drug-likeness (QED) is 0.821. The maximum Gasteiger partial charge on any atom is 0.117 e. The average Bonchev–Trinajstić information content (AvgIpc) is 2.86. The van der Waals surface area contributed by atoms with Crippen LogP contribution in [0.15, 0.2) is 41.0 Å². The van der Waals surface area contributed by atoms with Crippen LogP contribution >= 0.6 is 0 Å². The van der Waals surface area contributed by atoms with Gasteiger partial charge in [-0.1, -0.05) is 19.1 Å². The number of hydrogen-bond donors (Lipinski definition) is 1. The van der Waals surface area contributed by atoms with Gasteiger partial charge in [0.1, 0.15) is 5.76 Å². The standard InChI is InChI=1S/C15H20N2O/c1-3-17(11-14-5-4-8-18-14)10-13-7-6-12(2)15(16)9-13/h4-9H,3,10-11,16H2,1-2H3. The molecular formula is C15H20N2O. The highest BCUT2D eigenvalue weighted by atomic mass is 16.3. The van der Waals surface area contributed by atoms with Gasteiger partial charge in [-0.2, -0.15) is 0 Å². The van der Waals surface area contributed by atoms with Crippen molar-refractivity contribution in [2.45, 2.75) is 26.9 Å². The number of hydrogen-bond acceptors (Lipinski definition) is 3. The summed E-state index contributed by atoms with van der Waals surface area (Å²) < 4.78 is 5.38. The van der Waals surface area contributed by atoms with Crippen molar-refractivity contribution in [1.29, 1.82) is 0 Å². The molecule has 0 aliphatic heterocycles. The summed E-state index contributed by atoms with van der Waals surface area (Å²) in [5.41, 5.74) is 9.17. The summed E-state index contributed by atoms with van der Waals surface area (Å²) in [6.45, 7) is 6.88. The summed E-state index contributed by atoms with van der Waals surface area (Å²) in [7, 11) is 0. The van der Waals surface area contributed by atoms with Gasteiger partial charge in [-0.3, -0.25) is 4.90 Å². The maximum absolute atomic E-state index is 5.94. The van der Waals surface area contributed by atoms with Crippen molar-refractivity contribution in [3.8, 4) is 0 Å². The van der Waals surface area contributed by atoms with E-state index in [0.717, 1.165) is 36.6 Å². The van der Waals surface area contributed by atoms with Gasteiger partial charge in [0.05, 0.1) is 12.8 Å². The molecule has 3 heteroatoms. The van der Waals surface area contributed by atoms with E-state index >= 15 is 0 Å². The predicted octanol–water partition coefficient (Wildman–Crippen LogP) is 3.19. The molecule has 0 saturated carbocycles. The summed E-state index contributed by atoms with van der Waals surface area (Å²) in [5.74, 6) is 0.997. The second-order valence-electron chi connectivity index (χ2n) is 4.57. The predicted molar refractivity (Wildman–Crippen MR) is 74.1 cm³/mol. The number of nitrogens with zero attached hydrogens (tertiary/aromatic N) is 1. The molecule has 18 heavy (non-hydrogen) atoms. The average molecular weight is 244 g/mol. The highest BCUT2D eigenvalue weighted by molar-refractivity contribution is 5.48. The molecule has 0 aliphatic carbocycles. The lowest BCUT2D eigenvalue weighted by Crippen LogP contribution is -2.22. The van der Waals surface area contributed by atoms with Crippen LogP contribution in [0, 0.1) is 6.92 Å². The first kappa shape index (κ1) is 12.7. The molecule has 0 amide bonds. The molecule has 96 valence electrons. The molecule has 2 aromatic rings.